The van der Waals surface area contributed by atoms with Gasteiger partial charge in [0.1, 0.15) is 0 Å². The molecule has 0 saturated heterocycles. The van der Waals surface area contributed by atoms with Crippen LogP contribution in [0.15, 0.2) is 23.4 Å². The molecule has 0 fully saturated rings. The number of rotatable bonds is 4. The minimum absolute atomic E-state index is 0.200. The molecule has 7 heteroatoms. The van der Waals surface area contributed by atoms with Crippen molar-refractivity contribution in [3.63, 3.8) is 0 Å². The molecule has 0 aliphatic carbocycles. The van der Waals surface area contributed by atoms with Crippen molar-refractivity contribution in [3.05, 3.63) is 29.3 Å². The monoisotopic (exact) mass is 327 g/mol. The van der Waals surface area contributed by atoms with Crippen LogP contribution in [0, 0.1) is 19.8 Å². The maximum Gasteiger partial charge on any atom is 0.296 e. The topological polar surface area (TPSA) is 64.8 Å². The normalized spacial score (nSPS) is 12.1. The summed E-state index contributed by atoms with van der Waals surface area (Å²) in [6.07, 6.45) is 0. The smallest absolute Gasteiger partial charge is 0.296 e. The van der Waals surface area contributed by atoms with Crippen molar-refractivity contribution in [1.29, 1.82) is 0 Å². The van der Waals surface area contributed by atoms with Gasteiger partial charge in [-0.3, -0.25) is 4.57 Å². The summed E-state index contributed by atoms with van der Waals surface area (Å²) in [5.74, 6) is 0.770. The molecule has 114 valence electrons. The van der Waals surface area contributed by atoms with Crippen molar-refractivity contribution >= 4 is 19.7 Å². The standard InChI is InChI=1S/C14H18ClN3O2S/c1-9(2)8-18-13(16-17-14(18)21(15,19)20)12-7-10(3)5-6-11(12)4/h5-7,9H,8H2,1-4H3. The van der Waals surface area contributed by atoms with E-state index in [-0.39, 0.29) is 11.1 Å². The third-order valence-electron chi connectivity index (χ3n) is 3.12. The Morgan fingerprint density at radius 1 is 1.24 bits per heavy atom. The van der Waals surface area contributed by atoms with Crippen LogP contribution in [0.2, 0.25) is 0 Å². The van der Waals surface area contributed by atoms with E-state index in [2.05, 4.69) is 10.2 Å². The summed E-state index contributed by atoms with van der Waals surface area (Å²) in [6, 6.07) is 5.95. The van der Waals surface area contributed by atoms with Crippen LogP contribution in [0.5, 0.6) is 0 Å². The van der Waals surface area contributed by atoms with Crippen LogP contribution in [-0.4, -0.2) is 23.2 Å². The fraction of sp³-hybridized carbons (Fsp3) is 0.429. The van der Waals surface area contributed by atoms with Crippen molar-refractivity contribution in [2.75, 3.05) is 0 Å². The average Bonchev–Trinajstić information content (AvgIpc) is 2.74. The molecule has 0 aliphatic heterocycles. The molecule has 5 nitrogen and oxygen atoms in total. The van der Waals surface area contributed by atoms with Gasteiger partial charge in [-0.25, -0.2) is 8.42 Å². The molecule has 2 aromatic rings. The van der Waals surface area contributed by atoms with E-state index in [0.29, 0.717) is 12.4 Å². The Bertz CT molecular complexity index is 767. The van der Waals surface area contributed by atoms with E-state index in [1.807, 2.05) is 45.9 Å². The van der Waals surface area contributed by atoms with E-state index in [9.17, 15) is 8.42 Å². The largest absolute Gasteiger partial charge is 0.297 e. The number of nitrogens with zero attached hydrogens (tertiary/aromatic N) is 3. The summed E-state index contributed by atoms with van der Waals surface area (Å²) in [5, 5.41) is 7.64. The second-order valence-corrected chi connectivity index (χ2v) is 8.03. The van der Waals surface area contributed by atoms with Gasteiger partial charge in [0, 0.05) is 22.8 Å². The summed E-state index contributed by atoms with van der Waals surface area (Å²) in [7, 11) is 1.54. The third kappa shape index (κ3) is 3.44. The van der Waals surface area contributed by atoms with Crippen LogP contribution in [0.4, 0.5) is 0 Å². The zero-order valence-corrected chi connectivity index (χ0v) is 14.0. The predicted molar refractivity (Wildman–Crippen MR) is 82.8 cm³/mol. The van der Waals surface area contributed by atoms with Crippen molar-refractivity contribution in [2.24, 2.45) is 5.92 Å². The lowest BCUT2D eigenvalue weighted by Crippen LogP contribution is -2.12. The van der Waals surface area contributed by atoms with E-state index in [0.717, 1.165) is 16.7 Å². The molecule has 0 N–H and O–H groups in total. The van der Waals surface area contributed by atoms with Crippen LogP contribution in [-0.2, 0) is 15.6 Å². The Labute approximate surface area is 129 Å². The van der Waals surface area contributed by atoms with Crippen molar-refractivity contribution < 1.29 is 8.42 Å². The first-order valence-electron chi connectivity index (χ1n) is 6.65. The Morgan fingerprint density at radius 3 is 2.48 bits per heavy atom. The number of aryl methyl sites for hydroxylation is 2. The number of halogens is 1. The molecule has 1 aromatic heterocycles. The maximum atomic E-state index is 11.7. The molecule has 1 heterocycles. The molecule has 0 spiro atoms. The van der Waals surface area contributed by atoms with Gasteiger partial charge in [-0.05, 0) is 31.4 Å². The second kappa shape index (κ2) is 5.77. The maximum absolute atomic E-state index is 11.7. The minimum Gasteiger partial charge on any atom is -0.297 e. The van der Waals surface area contributed by atoms with Gasteiger partial charge in [0.05, 0.1) is 0 Å². The van der Waals surface area contributed by atoms with Crippen LogP contribution in [0.25, 0.3) is 11.4 Å². The van der Waals surface area contributed by atoms with E-state index in [1.54, 1.807) is 4.57 Å². The van der Waals surface area contributed by atoms with Gasteiger partial charge in [0.2, 0.25) is 0 Å². The molecule has 0 unspecified atom stereocenters. The Kier molecular flexibility index (Phi) is 4.39. The zero-order chi connectivity index (χ0) is 15.8. The lowest BCUT2D eigenvalue weighted by Gasteiger charge is -2.13. The van der Waals surface area contributed by atoms with Crippen LogP contribution in [0.1, 0.15) is 25.0 Å². The first-order chi connectivity index (χ1) is 9.70. The van der Waals surface area contributed by atoms with Gasteiger partial charge < -0.3 is 0 Å². The molecule has 0 radical (unpaired) electrons. The molecule has 21 heavy (non-hydrogen) atoms. The van der Waals surface area contributed by atoms with E-state index < -0.39 is 9.05 Å². The quantitative estimate of drug-likeness (QED) is 0.809. The second-order valence-electron chi connectivity index (χ2n) is 5.57. The van der Waals surface area contributed by atoms with E-state index >= 15 is 0 Å². The highest BCUT2D eigenvalue weighted by atomic mass is 35.7. The first-order valence-corrected chi connectivity index (χ1v) is 8.96. The molecule has 0 saturated carbocycles. The molecule has 1 aromatic carbocycles. The molecular weight excluding hydrogens is 310 g/mol. The van der Waals surface area contributed by atoms with Gasteiger partial charge in [-0.15, -0.1) is 10.2 Å². The highest BCUT2D eigenvalue weighted by molar-refractivity contribution is 8.13. The van der Waals surface area contributed by atoms with Crippen LogP contribution < -0.4 is 0 Å². The van der Waals surface area contributed by atoms with E-state index in [4.69, 9.17) is 10.7 Å². The van der Waals surface area contributed by atoms with Crippen LogP contribution in [0.3, 0.4) is 0 Å². The SMILES string of the molecule is Cc1ccc(C)c(-c2nnc(S(=O)(=O)Cl)n2CC(C)C)c1. The van der Waals surface area contributed by atoms with E-state index in [1.165, 1.54) is 0 Å². The molecular formula is C14H18ClN3O2S. The van der Waals surface area contributed by atoms with Gasteiger partial charge in [-0.2, -0.15) is 0 Å². The summed E-state index contributed by atoms with van der Waals surface area (Å²) in [5.41, 5.74) is 2.95. The Balaban J connectivity index is 2.69. The van der Waals surface area contributed by atoms with Gasteiger partial charge in [0.15, 0.2) is 5.82 Å². The number of benzene rings is 1. The van der Waals surface area contributed by atoms with Crippen molar-refractivity contribution in [2.45, 2.75) is 39.4 Å². The lowest BCUT2D eigenvalue weighted by molar-refractivity contribution is 0.488. The highest BCUT2D eigenvalue weighted by Crippen LogP contribution is 2.27. The summed E-state index contributed by atoms with van der Waals surface area (Å²) in [6.45, 7) is 8.41. The van der Waals surface area contributed by atoms with Crippen LogP contribution >= 0.6 is 10.7 Å². The van der Waals surface area contributed by atoms with Crippen molar-refractivity contribution in [3.8, 4) is 11.4 Å². The molecule has 0 atom stereocenters. The first kappa shape index (κ1) is 16.0. The number of hydrogen-bond acceptors (Lipinski definition) is 4. The number of aromatic nitrogens is 3. The lowest BCUT2D eigenvalue weighted by atomic mass is 10.0. The highest BCUT2D eigenvalue weighted by Gasteiger charge is 2.24. The average molecular weight is 328 g/mol. The minimum atomic E-state index is -3.93. The fourth-order valence-corrected chi connectivity index (χ4v) is 3.08. The fourth-order valence-electron chi connectivity index (χ4n) is 2.17. The summed E-state index contributed by atoms with van der Waals surface area (Å²) < 4.78 is 24.9. The molecule has 0 bridgehead atoms. The number of hydrogen-bond donors (Lipinski definition) is 0. The molecule has 0 aliphatic rings. The Morgan fingerprint density at radius 2 is 1.90 bits per heavy atom. The zero-order valence-electron chi connectivity index (χ0n) is 12.5. The van der Waals surface area contributed by atoms with Crippen molar-refractivity contribution in [1.82, 2.24) is 14.8 Å². The predicted octanol–water partition coefficient (Wildman–Crippen LogP) is 3.15. The Hall–Kier alpha value is -1.40. The summed E-state index contributed by atoms with van der Waals surface area (Å²) in [4.78, 5) is 0. The van der Waals surface area contributed by atoms with Gasteiger partial charge in [-0.1, -0.05) is 31.5 Å². The van der Waals surface area contributed by atoms with Gasteiger partial charge >= 0.3 is 0 Å². The van der Waals surface area contributed by atoms with Gasteiger partial charge in [0.25, 0.3) is 14.2 Å². The third-order valence-corrected chi connectivity index (χ3v) is 4.27. The summed E-state index contributed by atoms with van der Waals surface area (Å²) >= 11 is 0. The molecule has 0 amide bonds. The molecule has 2 rings (SSSR count).